The number of carbonyl (C=O) groups is 1. The van der Waals surface area contributed by atoms with Gasteiger partial charge in [0.05, 0.1) is 0 Å². The second kappa shape index (κ2) is 6.34. The van der Waals surface area contributed by atoms with E-state index in [4.69, 9.17) is 4.98 Å². The van der Waals surface area contributed by atoms with E-state index in [-0.39, 0.29) is 11.3 Å². The van der Waals surface area contributed by atoms with Gasteiger partial charge in [0.2, 0.25) is 5.91 Å². The van der Waals surface area contributed by atoms with E-state index in [1.54, 1.807) is 0 Å². The number of piperidine rings is 1. The van der Waals surface area contributed by atoms with Crippen LogP contribution in [0.4, 0.5) is 5.82 Å². The Bertz CT molecular complexity index is 610. The molecule has 0 unspecified atom stereocenters. The molecule has 0 N–H and O–H groups in total. The second-order valence-electron chi connectivity index (χ2n) is 8.38. The molecule has 5 heteroatoms. The molecule has 1 amide bonds. The molecule has 2 fully saturated rings. The maximum Gasteiger partial charge on any atom is 0.227 e. The van der Waals surface area contributed by atoms with Crippen molar-refractivity contribution in [3.63, 3.8) is 0 Å². The minimum Gasteiger partial charge on any atom is -0.356 e. The molecule has 0 bridgehead atoms. The number of hydrogen-bond donors (Lipinski definition) is 0. The zero-order chi connectivity index (χ0) is 17.5. The molecule has 0 aromatic carbocycles. The van der Waals surface area contributed by atoms with Crippen molar-refractivity contribution < 1.29 is 4.79 Å². The molecule has 0 radical (unpaired) electrons. The summed E-state index contributed by atoms with van der Waals surface area (Å²) in [5, 5.41) is 0. The summed E-state index contributed by atoms with van der Waals surface area (Å²) in [6.07, 6.45) is 4.45. The van der Waals surface area contributed by atoms with Crippen LogP contribution in [0.3, 0.4) is 0 Å². The first-order valence-corrected chi connectivity index (χ1v) is 9.13. The van der Waals surface area contributed by atoms with Crippen LogP contribution in [-0.4, -0.2) is 47.0 Å². The Morgan fingerprint density at radius 2 is 1.79 bits per heavy atom. The maximum absolute atomic E-state index is 12.5. The molecule has 1 saturated carbocycles. The van der Waals surface area contributed by atoms with Crippen molar-refractivity contribution in [3.8, 4) is 0 Å². The number of amides is 1. The lowest BCUT2D eigenvalue weighted by molar-refractivity contribution is -0.140. The summed E-state index contributed by atoms with van der Waals surface area (Å²) in [6, 6.07) is 2.43. The van der Waals surface area contributed by atoms with Crippen LogP contribution in [0.1, 0.15) is 63.9 Å². The molecule has 1 aromatic heterocycles. The first-order chi connectivity index (χ1) is 11.3. The molecule has 5 nitrogen and oxygen atoms in total. The lowest BCUT2D eigenvalue weighted by atomic mass is 9.92. The van der Waals surface area contributed by atoms with Gasteiger partial charge in [0.1, 0.15) is 11.6 Å². The monoisotopic (exact) mass is 330 g/mol. The zero-order valence-electron chi connectivity index (χ0n) is 15.7. The number of rotatable bonds is 3. The first kappa shape index (κ1) is 17.2. The standard InChI is InChI=1S/C19H30N4O/c1-13-12-16(21-17(20-13)14-6-7-14)23-10-8-15(9-11-23)22(5)18(24)19(2,3)4/h12,14-15H,6-11H2,1-5H3. The molecule has 2 aliphatic rings. The predicted molar refractivity (Wildman–Crippen MR) is 96.2 cm³/mol. The predicted octanol–water partition coefficient (Wildman–Crippen LogP) is 3.14. The van der Waals surface area contributed by atoms with Gasteiger partial charge in [-0.2, -0.15) is 0 Å². The summed E-state index contributed by atoms with van der Waals surface area (Å²) in [6.45, 7) is 9.93. The minimum absolute atomic E-state index is 0.231. The van der Waals surface area contributed by atoms with E-state index < -0.39 is 0 Å². The highest BCUT2D eigenvalue weighted by Gasteiger charge is 2.32. The van der Waals surface area contributed by atoms with E-state index in [1.807, 2.05) is 32.7 Å². The molecule has 0 spiro atoms. The highest BCUT2D eigenvalue weighted by Crippen LogP contribution is 2.38. The quantitative estimate of drug-likeness (QED) is 0.854. The molecule has 0 atom stereocenters. The molecule has 3 rings (SSSR count). The Hall–Kier alpha value is -1.65. The maximum atomic E-state index is 12.5. The van der Waals surface area contributed by atoms with E-state index >= 15 is 0 Å². The van der Waals surface area contributed by atoms with Gasteiger partial charge in [-0.05, 0) is 32.6 Å². The highest BCUT2D eigenvalue weighted by atomic mass is 16.2. The van der Waals surface area contributed by atoms with E-state index in [2.05, 4.69) is 22.9 Å². The summed E-state index contributed by atoms with van der Waals surface area (Å²) in [5.41, 5.74) is 0.749. The molecule has 1 aromatic rings. The van der Waals surface area contributed by atoms with Crippen LogP contribution in [0.15, 0.2) is 6.07 Å². The average Bonchev–Trinajstić information content (AvgIpc) is 3.37. The van der Waals surface area contributed by atoms with Gasteiger partial charge < -0.3 is 9.80 Å². The molecule has 1 aliphatic heterocycles. The normalized spacial score (nSPS) is 19.5. The van der Waals surface area contributed by atoms with Crippen LogP contribution in [-0.2, 0) is 4.79 Å². The van der Waals surface area contributed by atoms with Gasteiger partial charge in [0.25, 0.3) is 0 Å². The number of hydrogen-bond acceptors (Lipinski definition) is 4. The third kappa shape index (κ3) is 3.70. The van der Waals surface area contributed by atoms with E-state index in [1.165, 1.54) is 12.8 Å². The van der Waals surface area contributed by atoms with E-state index in [9.17, 15) is 4.79 Å². The topological polar surface area (TPSA) is 49.3 Å². The lowest BCUT2D eigenvalue weighted by Crippen LogP contribution is -2.48. The summed E-state index contributed by atoms with van der Waals surface area (Å²) in [7, 11) is 1.95. The fraction of sp³-hybridized carbons (Fsp3) is 0.737. The Morgan fingerprint density at radius 3 is 2.33 bits per heavy atom. The number of anilines is 1. The van der Waals surface area contributed by atoms with Crippen molar-refractivity contribution in [2.75, 3.05) is 25.0 Å². The van der Waals surface area contributed by atoms with Gasteiger partial charge in [-0.3, -0.25) is 4.79 Å². The summed E-state index contributed by atoms with van der Waals surface area (Å²) < 4.78 is 0. The SMILES string of the molecule is Cc1cc(N2CCC(N(C)C(=O)C(C)(C)C)CC2)nc(C2CC2)n1. The largest absolute Gasteiger partial charge is 0.356 e. The third-order valence-corrected chi connectivity index (χ3v) is 5.10. The molecular weight excluding hydrogens is 300 g/mol. The van der Waals surface area contributed by atoms with E-state index in [0.29, 0.717) is 12.0 Å². The minimum atomic E-state index is -0.311. The Morgan fingerprint density at radius 1 is 1.17 bits per heavy atom. The van der Waals surface area contributed by atoms with Crippen LogP contribution in [0.2, 0.25) is 0 Å². The zero-order valence-corrected chi connectivity index (χ0v) is 15.7. The molecule has 132 valence electrons. The van der Waals surface area contributed by atoms with Crippen LogP contribution in [0.25, 0.3) is 0 Å². The Kier molecular flexibility index (Phi) is 4.54. The van der Waals surface area contributed by atoms with Gasteiger partial charge in [0.15, 0.2) is 0 Å². The number of aromatic nitrogens is 2. The fourth-order valence-electron chi connectivity index (χ4n) is 3.44. The van der Waals surface area contributed by atoms with Crippen molar-refractivity contribution in [2.45, 2.75) is 65.3 Å². The van der Waals surface area contributed by atoms with Gasteiger partial charge in [-0.25, -0.2) is 9.97 Å². The molecule has 1 aliphatic carbocycles. The first-order valence-electron chi connectivity index (χ1n) is 9.13. The fourth-order valence-corrected chi connectivity index (χ4v) is 3.44. The Labute approximate surface area is 145 Å². The van der Waals surface area contributed by atoms with Crippen molar-refractivity contribution in [1.82, 2.24) is 14.9 Å². The van der Waals surface area contributed by atoms with Crippen LogP contribution in [0.5, 0.6) is 0 Å². The molecular formula is C19H30N4O. The number of carbonyl (C=O) groups excluding carboxylic acids is 1. The van der Waals surface area contributed by atoms with Gasteiger partial charge in [0, 0.05) is 49.3 Å². The molecule has 2 heterocycles. The average molecular weight is 330 g/mol. The van der Waals surface area contributed by atoms with Crippen molar-refractivity contribution in [3.05, 3.63) is 17.6 Å². The highest BCUT2D eigenvalue weighted by molar-refractivity contribution is 5.81. The summed E-state index contributed by atoms with van der Waals surface area (Å²) in [5.74, 6) is 2.89. The second-order valence-corrected chi connectivity index (χ2v) is 8.38. The van der Waals surface area contributed by atoms with E-state index in [0.717, 1.165) is 43.3 Å². The summed E-state index contributed by atoms with van der Waals surface area (Å²) >= 11 is 0. The van der Waals surface area contributed by atoms with Gasteiger partial charge in [-0.15, -0.1) is 0 Å². The lowest BCUT2D eigenvalue weighted by Gasteiger charge is -2.39. The van der Waals surface area contributed by atoms with Crippen molar-refractivity contribution in [2.24, 2.45) is 5.41 Å². The third-order valence-electron chi connectivity index (χ3n) is 5.10. The van der Waals surface area contributed by atoms with Crippen LogP contribution in [0, 0.1) is 12.3 Å². The van der Waals surface area contributed by atoms with Gasteiger partial charge >= 0.3 is 0 Å². The molecule has 24 heavy (non-hydrogen) atoms. The van der Waals surface area contributed by atoms with Gasteiger partial charge in [-0.1, -0.05) is 20.8 Å². The number of aryl methyl sites for hydroxylation is 1. The smallest absolute Gasteiger partial charge is 0.227 e. The van der Waals surface area contributed by atoms with Crippen molar-refractivity contribution in [1.29, 1.82) is 0 Å². The summed E-state index contributed by atoms with van der Waals surface area (Å²) in [4.78, 5) is 26.2. The van der Waals surface area contributed by atoms with Crippen molar-refractivity contribution >= 4 is 11.7 Å². The number of nitrogens with zero attached hydrogens (tertiary/aromatic N) is 4. The van der Waals surface area contributed by atoms with Crippen LogP contribution >= 0.6 is 0 Å². The van der Waals surface area contributed by atoms with Crippen LogP contribution < -0.4 is 4.90 Å². The molecule has 1 saturated heterocycles. The Balaban J connectivity index is 1.64.